The zero-order valence-corrected chi connectivity index (χ0v) is 12.2. The highest BCUT2D eigenvalue weighted by Crippen LogP contribution is 2.20. The van der Waals surface area contributed by atoms with Gasteiger partial charge in [-0.15, -0.1) is 5.10 Å². The Kier molecular flexibility index (Phi) is 4.48. The second-order valence-electron chi connectivity index (χ2n) is 4.00. The van der Waals surface area contributed by atoms with Crippen molar-refractivity contribution < 1.29 is 0 Å². The minimum Gasteiger partial charge on any atom is -0.309 e. The molecule has 0 bridgehead atoms. The van der Waals surface area contributed by atoms with Gasteiger partial charge in [-0.3, -0.25) is 9.36 Å². The van der Waals surface area contributed by atoms with Crippen molar-refractivity contribution in [2.45, 2.75) is 33.5 Å². The van der Waals surface area contributed by atoms with Crippen molar-refractivity contribution in [1.82, 2.24) is 30.1 Å². The molecule has 0 aliphatic carbocycles. The quantitative estimate of drug-likeness (QED) is 0.818. The molecule has 0 fully saturated rings. The number of nitrogens with one attached hydrogen (secondary N) is 1. The Labute approximate surface area is 114 Å². The smallest absolute Gasteiger partial charge is 0.0739 e. The number of aromatic nitrogens is 5. The molecule has 6 nitrogen and oxygen atoms in total. The van der Waals surface area contributed by atoms with Crippen molar-refractivity contribution in [3.8, 4) is 0 Å². The van der Waals surface area contributed by atoms with E-state index in [1.165, 1.54) is 5.69 Å². The molecule has 0 atom stereocenters. The van der Waals surface area contributed by atoms with Crippen LogP contribution in [0.5, 0.6) is 0 Å². The third-order valence-corrected chi connectivity index (χ3v) is 3.77. The van der Waals surface area contributed by atoms with Crippen molar-refractivity contribution in [2.24, 2.45) is 0 Å². The summed E-state index contributed by atoms with van der Waals surface area (Å²) in [6.45, 7) is 7.45. The third kappa shape index (κ3) is 2.97. The minimum atomic E-state index is 0.796. The second kappa shape index (κ2) is 6.10. The highest BCUT2D eigenvalue weighted by molar-refractivity contribution is 9.10. The van der Waals surface area contributed by atoms with Gasteiger partial charge in [0.15, 0.2) is 0 Å². The van der Waals surface area contributed by atoms with Crippen molar-refractivity contribution in [3.63, 3.8) is 0 Å². The number of hydrogen-bond acceptors (Lipinski definition) is 4. The number of nitrogens with zero attached hydrogens (tertiary/aromatic N) is 5. The van der Waals surface area contributed by atoms with E-state index in [4.69, 9.17) is 0 Å². The molecule has 0 saturated heterocycles. The van der Waals surface area contributed by atoms with Gasteiger partial charge in [-0.2, -0.15) is 5.10 Å². The molecule has 0 amide bonds. The van der Waals surface area contributed by atoms with Crippen molar-refractivity contribution >= 4 is 15.9 Å². The predicted molar refractivity (Wildman–Crippen MR) is 72.1 cm³/mol. The van der Waals surface area contributed by atoms with Gasteiger partial charge in [0.05, 0.1) is 28.6 Å². The molecule has 0 aromatic carbocycles. The van der Waals surface area contributed by atoms with Crippen LogP contribution in [-0.2, 0) is 19.6 Å². The molecule has 1 N–H and O–H groups in total. The largest absolute Gasteiger partial charge is 0.309 e. The molecular formula is C11H17BrN6. The van der Waals surface area contributed by atoms with Crippen LogP contribution in [0, 0.1) is 6.92 Å². The molecule has 98 valence electrons. The molecule has 2 aromatic heterocycles. The van der Waals surface area contributed by atoms with Crippen LogP contribution in [0.2, 0.25) is 0 Å². The van der Waals surface area contributed by atoms with Crippen LogP contribution in [0.4, 0.5) is 0 Å². The van der Waals surface area contributed by atoms with E-state index in [2.05, 4.69) is 43.6 Å². The van der Waals surface area contributed by atoms with E-state index in [0.29, 0.717) is 0 Å². The molecule has 0 spiro atoms. The van der Waals surface area contributed by atoms with Gasteiger partial charge in [-0.1, -0.05) is 5.21 Å². The normalized spacial score (nSPS) is 11.1. The summed E-state index contributed by atoms with van der Waals surface area (Å²) >= 11 is 3.58. The highest BCUT2D eigenvalue weighted by atomic mass is 79.9. The lowest BCUT2D eigenvalue weighted by molar-refractivity contribution is 0.521. The summed E-state index contributed by atoms with van der Waals surface area (Å²) < 4.78 is 4.92. The van der Waals surface area contributed by atoms with Gasteiger partial charge in [0.25, 0.3) is 0 Å². The fourth-order valence-corrected chi connectivity index (χ4v) is 2.21. The first-order chi connectivity index (χ1) is 8.72. The molecule has 0 radical (unpaired) electrons. The average molecular weight is 313 g/mol. The van der Waals surface area contributed by atoms with Crippen LogP contribution in [0.25, 0.3) is 0 Å². The number of hydrogen-bond donors (Lipinski definition) is 1. The van der Waals surface area contributed by atoms with Crippen LogP contribution in [0.15, 0.2) is 16.9 Å². The van der Waals surface area contributed by atoms with E-state index in [9.17, 15) is 0 Å². The molecule has 2 heterocycles. The SMILES string of the molecule is CCn1nc(C)c(Br)c1CNCCn1ccnn1. The molecule has 7 heteroatoms. The second-order valence-corrected chi connectivity index (χ2v) is 4.80. The maximum Gasteiger partial charge on any atom is 0.0739 e. The van der Waals surface area contributed by atoms with Gasteiger partial charge >= 0.3 is 0 Å². The topological polar surface area (TPSA) is 60.6 Å². The Morgan fingerprint density at radius 2 is 2.28 bits per heavy atom. The highest BCUT2D eigenvalue weighted by Gasteiger charge is 2.10. The molecule has 2 rings (SSSR count). The first-order valence-electron chi connectivity index (χ1n) is 5.99. The number of rotatable bonds is 6. The lowest BCUT2D eigenvalue weighted by Gasteiger charge is -2.07. The zero-order chi connectivity index (χ0) is 13.0. The summed E-state index contributed by atoms with van der Waals surface area (Å²) in [4.78, 5) is 0. The summed E-state index contributed by atoms with van der Waals surface area (Å²) in [5, 5.41) is 15.5. The van der Waals surface area contributed by atoms with Gasteiger partial charge in [0, 0.05) is 25.8 Å². The van der Waals surface area contributed by atoms with E-state index in [1.54, 1.807) is 6.20 Å². The first kappa shape index (κ1) is 13.2. The van der Waals surface area contributed by atoms with Gasteiger partial charge in [0.2, 0.25) is 0 Å². The summed E-state index contributed by atoms with van der Waals surface area (Å²) in [6.07, 6.45) is 3.55. The zero-order valence-electron chi connectivity index (χ0n) is 10.6. The van der Waals surface area contributed by atoms with Crippen molar-refractivity contribution in [2.75, 3.05) is 6.54 Å². The molecule has 18 heavy (non-hydrogen) atoms. The lowest BCUT2D eigenvalue weighted by atomic mass is 10.3. The monoisotopic (exact) mass is 312 g/mol. The fraction of sp³-hybridized carbons (Fsp3) is 0.545. The molecule has 0 aliphatic heterocycles. The van der Waals surface area contributed by atoms with Crippen LogP contribution in [-0.4, -0.2) is 31.3 Å². The Morgan fingerprint density at radius 1 is 1.44 bits per heavy atom. The van der Waals surface area contributed by atoms with Gasteiger partial charge in [0.1, 0.15) is 0 Å². The maximum atomic E-state index is 4.46. The van der Waals surface area contributed by atoms with E-state index in [-0.39, 0.29) is 0 Å². The van der Waals surface area contributed by atoms with Crippen molar-refractivity contribution in [3.05, 3.63) is 28.3 Å². The van der Waals surface area contributed by atoms with Crippen molar-refractivity contribution in [1.29, 1.82) is 0 Å². The van der Waals surface area contributed by atoms with Crippen LogP contribution < -0.4 is 5.32 Å². The summed E-state index contributed by atoms with van der Waals surface area (Å²) in [7, 11) is 0. The first-order valence-corrected chi connectivity index (χ1v) is 6.78. The lowest BCUT2D eigenvalue weighted by Crippen LogP contribution is -2.21. The van der Waals surface area contributed by atoms with E-state index >= 15 is 0 Å². The summed E-state index contributed by atoms with van der Waals surface area (Å²) in [5.41, 5.74) is 2.22. The Bertz CT molecular complexity index is 490. The van der Waals surface area contributed by atoms with E-state index in [1.807, 2.05) is 22.5 Å². The predicted octanol–water partition coefficient (Wildman–Crippen LogP) is 1.36. The van der Waals surface area contributed by atoms with E-state index in [0.717, 1.165) is 36.3 Å². The summed E-state index contributed by atoms with van der Waals surface area (Å²) in [5.74, 6) is 0. The van der Waals surface area contributed by atoms with Gasteiger partial charge < -0.3 is 5.32 Å². The fourth-order valence-electron chi connectivity index (χ4n) is 1.79. The summed E-state index contributed by atoms with van der Waals surface area (Å²) in [6, 6.07) is 0. The Hall–Kier alpha value is -1.21. The van der Waals surface area contributed by atoms with Gasteiger partial charge in [-0.25, -0.2) is 0 Å². The van der Waals surface area contributed by atoms with Crippen LogP contribution >= 0.6 is 15.9 Å². The standard InChI is InChI=1S/C11H17BrN6/c1-3-18-10(11(12)9(2)15-18)8-13-4-6-17-7-5-14-16-17/h5,7,13H,3-4,6,8H2,1-2H3. The van der Waals surface area contributed by atoms with Crippen LogP contribution in [0.3, 0.4) is 0 Å². The molecule has 0 unspecified atom stereocenters. The van der Waals surface area contributed by atoms with Crippen LogP contribution in [0.1, 0.15) is 18.3 Å². The Balaban J connectivity index is 1.86. The number of aryl methyl sites for hydroxylation is 2. The minimum absolute atomic E-state index is 0.796. The molecular weight excluding hydrogens is 296 g/mol. The number of halogens is 1. The molecule has 2 aromatic rings. The maximum absolute atomic E-state index is 4.46. The average Bonchev–Trinajstić information content (AvgIpc) is 2.96. The Morgan fingerprint density at radius 3 is 2.94 bits per heavy atom. The molecule has 0 saturated carbocycles. The van der Waals surface area contributed by atoms with Gasteiger partial charge in [-0.05, 0) is 29.8 Å². The van der Waals surface area contributed by atoms with E-state index < -0.39 is 0 Å². The third-order valence-electron chi connectivity index (χ3n) is 2.73. The molecule has 0 aliphatic rings.